The van der Waals surface area contributed by atoms with Crippen LogP contribution in [0.25, 0.3) is 0 Å². The Bertz CT molecular complexity index is 72.8. The fourth-order valence-electron chi connectivity index (χ4n) is 1.33. The summed E-state index contributed by atoms with van der Waals surface area (Å²) in [7, 11) is 0. The number of rotatable bonds is 0. The highest BCUT2D eigenvalue weighted by Crippen LogP contribution is 2.27. The summed E-state index contributed by atoms with van der Waals surface area (Å²) in [6.07, 6.45) is 5.35. The Morgan fingerprint density at radius 1 is 1.11 bits per heavy atom. The van der Waals surface area contributed by atoms with Gasteiger partial charge in [0.1, 0.15) is 0 Å². The zero-order valence-corrected chi connectivity index (χ0v) is 5.69. The molecule has 1 aliphatic carbocycles. The van der Waals surface area contributed by atoms with Gasteiger partial charge >= 0.3 is 0 Å². The fourth-order valence-corrected chi connectivity index (χ4v) is 1.33. The third-order valence-corrected chi connectivity index (χ3v) is 2.14. The van der Waals surface area contributed by atoms with E-state index < -0.39 is 0 Å². The molecular weight excluding hydrogens is 108 g/mol. The minimum Gasteiger partial charge on any atom is -0.0776 e. The molecule has 1 saturated carbocycles. The van der Waals surface area contributed by atoms with Crippen LogP contribution in [0, 0.1) is 11.8 Å². The monoisotopic (exact) mass is 130 g/mol. The van der Waals surface area contributed by atoms with Crippen LogP contribution in [0.15, 0.2) is 0 Å². The van der Waals surface area contributed by atoms with Gasteiger partial charge in [0.05, 0.1) is 0 Å². The molecule has 0 N–H and O–H groups in total. The molecule has 0 aromatic carbocycles. The van der Waals surface area contributed by atoms with E-state index in [0.29, 0.717) is 6.90 Å². The van der Waals surface area contributed by atoms with E-state index in [-0.39, 0.29) is 7.43 Å². The third kappa shape index (κ3) is 2.88. The molecule has 1 aliphatic rings. The minimum atomic E-state index is 0. The van der Waals surface area contributed by atoms with Crippen LogP contribution < -0.4 is 0 Å². The second-order valence-electron chi connectivity index (χ2n) is 3.13. The van der Waals surface area contributed by atoms with Crippen molar-refractivity contribution in [2.45, 2.75) is 46.9 Å². The molecule has 56 valence electrons. The predicted molar refractivity (Wildman–Crippen MR) is 43.5 cm³/mol. The molecule has 0 saturated heterocycles. The van der Waals surface area contributed by atoms with Crippen LogP contribution in [-0.2, 0) is 0 Å². The first-order valence-electron chi connectivity index (χ1n) is 4.33. The van der Waals surface area contributed by atoms with Gasteiger partial charge in [-0.25, -0.2) is 0 Å². The van der Waals surface area contributed by atoms with Gasteiger partial charge in [0, 0.05) is 1.37 Å². The second kappa shape index (κ2) is 3.92. The van der Waals surface area contributed by atoms with Gasteiger partial charge < -0.3 is 0 Å². The van der Waals surface area contributed by atoms with Crippen molar-refractivity contribution in [1.82, 2.24) is 0 Å². The van der Waals surface area contributed by atoms with Crippen molar-refractivity contribution in [3.8, 4) is 0 Å². The molecule has 0 nitrogen and oxygen atoms in total. The molecule has 9 heavy (non-hydrogen) atoms. The maximum Gasteiger partial charge on any atom is 0.0233 e. The van der Waals surface area contributed by atoms with Crippen molar-refractivity contribution in [1.29, 1.82) is 0 Å². The summed E-state index contributed by atoms with van der Waals surface area (Å²) in [5.41, 5.74) is 0. The van der Waals surface area contributed by atoms with Crippen LogP contribution in [0.3, 0.4) is 0 Å². The molecule has 0 amide bonds. The number of hydrogen-bond donors (Lipinski definition) is 0. The minimum absolute atomic E-state index is 0. The molecule has 0 atom stereocenters. The Morgan fingerprint density at radius 3 is 2.00 bits per heavy atom. The molecule has 0 radical (unpaired) electrons. The van der Waals surface area contributed by atoms with Crippen molar-refractivity contribution < 1.29 is 1.37 Å². The average Bonchev–Trinajstić information content (AvgIpc) is 1.90. The van der Waals surface area contributed by atoms with E-state index in [0.717, 1.165) is 11.8 Å². The highest BCUT2D eigenvalue weighted by Gasteiger charge is 2.13. The summed E-state index contributed by atoms with van der Waals surface area (Å²) >= 11 is 0. The quantitative estimate of drug-likeness (QED) is 0.471. The highest BCUT2D eigenvalue weighted by molar-refractivity contribution is 4.65. The molecule has 0 unspecified atom stereocenters. The van der Waals surface area contributed by atoms with E-state index in [1.54, 1.807) is 0 Å². The van der Waals surface area contributed by atoms with Crippen molar-refractivity contribution in [3.63, 3.8) is 0 Å². The Labute approximate surface area is 61.1 Å². The van der Waals surface area contributed by atoms with E-state index in [4.69, 9.17) is 1.37 Å². The maximum absolute atomic E-state index is 7.16. The van der Waals surface area contributed by atoms with E-state index in [9.17, 15) is 0 Å². The van der Waals surface area contributed by atoms with Gasteiger partial charge in [-0.15, -0.1) is 0 Å². The molecule has 0 aromatic heterocycles. The zero-order valence-electron chi connectivity index (χ0n) is 6.69. The molecular formula is C9H20. The standard InChI is InChI=1S/C8H16.CH4/c1-7-3-5-8(2)6-4-7;/h7-8H,3-6H2,1-2H3;1H4/i1T;. The lowest BCUT2D eigenvalue weighted by atomic mass is 9.84. The van der Waals surface area contributed by atoms with Gasteiger partial charge in [0.25, 0.3) is 0 Å². The topological polar surface area (TPSA) is 0 Å². The van der Waals surface area contributed by atoms with Crippen LogP contribution in [0.4, 0.5) is 0 Å². The first-order valence-corrected chi connectivity index (χ1v) is 3.62. The van der Waals surface area contributed by atoms with Gasteiger partial charge in [-0.05, 0) is 11.8 Å². The zero-order chi connectivity index (χ0) is 6.69. The second-order valence-corrected chi connectivity index (χ2v) is 3.13. The fraction of sp³-hybridized carbons (Fsp3) is 1.00. The third-order valence-electron chi connectivity index (χ3n) is 2.14. The van der Waals surface area contributed by atoms with Crippen molar-refractivity contribution in [2.75, 3.05) is 0 Å². The molecule has 1 fully saturated rings. The lowest BCUT2D eigenvalue weighted by Crippen LogP contribution is -2.08. The van der Waals surface area contributed by atoms with E-state index >= 15 is 0 Å². The summed E-state index contributed by atoms with van der Waals surface area (Å²) in [6, 6.07) is 0. The smallest absolute Gasteiger partial charge is 0.0233 e. The summed E-state index contributed by atoms with van der Waals surface area (Å²) in [5, 5.41) is 0. The predicted octanol–water partition coefficient (Wildman–Crippen LogP) is 3.47. The Kier molecular flexibility index (Phi) is 3.10. The molecule has 0 bridgehead atoms. The first kappa shape index (κ1) is 7.11. The molecule has 0 aliphatic heterocycles. The summed E-state index contributed by atoms with van der Waals surface area (Å²) in [4.78, 5) is 0. The molecule has 0 aromatic rings. The average molecular weight is 130 g/mol. The highest BCUT2D eigenvalue weighted by atomic mass is 14.2. The van der Waals surface area contributed by atoms with E-state index in [1.807, 2.05) is 0 Å². The van der Waals surface area contributed by atoms with Gasteiger partial charge in [0.2, 0.25) is 0 Å². The van der Waals surface area contributed by atoms with Crippen LogP contribution in [-0.4, -0.2) is 0 Å². The van der Waals surface area contributed by atoms with Gasteiger partial charge in [-0.1, -0.05) is 46.9 Å². The van der Waals surface area contributed by atoms with Crippen LogP contribution in [0.1, 0.15) is 48.3 Å². The summed E-state index contributed by atoms with van der Waals surface area (Å²) < 4.78 is 7.16. The summed E-state index contributed by atoms with van der Waals surface area (Å²) in [6.45, 7) is 2.98. The van der Waals surface area contributed by atoms with Gasteiger partial charge in [0.15, 0.2) is 0 Å². The van der Waals surface area contributed by atoms with E-state index in [2.05, 4.69) is 6.92 Å². The lowest BCUT2D eigenvalue weighted by molar-refractivity contribution is 0.308. The Balaban J connectivity index is 0.000000810. The first-order chi connectivity index (χ1) is 4.33. The molecule has 0 heterocycles. The number of hydrogen-bond acceptors (Lipinski definition) is 0. The molecule has 0 heteroatoms. The van der Waals surface area contributed by atoms with Crippen molar-refractivity contribution in [3.05, 3.63) is 0 Å². The van der Waals surface area contributed by atoms with E-state index in [1.165, 1.54) is 25.7 Å². The Morgan fingerprint density at radius 2 is 1.56 bits per heavy atom. The maximum atomic E-state index is 7.16. The largest absolute Gasteiger partial charge is 0.0776 e. The normalized spacial score (nSPS) is 36.8. The van der Waals surface area contributed by atoms with Crippen LogP contribution >= 0.6 is 0 Å². The molecule has 1 rings (SSSR count). The van der Waals surface area contributed by atoms with Gasteiger partial charge in [-0.2, -0.15) is 0 Å². The SMILES string of the molecule is C.[3H]CC1CCC(C)CC1. The van der Waals surface area contributed by atoms with Crippen molar-refractivity contribution in [2.24, 2.45) is 11.8 Å². The molecule has 0 spiro atoms. The van der Waals surface area contributed by atoms with Crippen molar-refractivity contribution >= 4 is 0 Å². The Hall–Kier alpha value is 0. The lowest BCUT2D eigenvalue weighted by Gasteiger charge is -2.22. The van der Waals surface area contributed by atoms with Crippen LogP contribution in [0.5, 0.6) is 0 Å². The van der Waals surface area contributed by atoms with Crippen LogP contribution in [0.2, 0.25) is 0 Å². The van der Waals surface area contributed by atoms with Gasteiger partial charge in [-0.3, -0.25) is 0 Å². The summed E-state index contributed by atoms with van der Waals surface area (Å²) in [5.74, 6) is 1.67.